The van der Waals surface area contributed by atoms with Gasteiger partial charge < -0.3 is 15.0 Å². The molecule has 7 heteroatoms. The molecule has 0 saturated carbocycles. The number of fused-ring (bicyclic) bond motifs is 1. The summed E-state index contributed by atoms with van der Waals surface area (Å²) in [5.74, 6) is -0.377. The lowest BCUT2D eigenvalue weighted by Crippen LogP contribution is -2.85. The predicted molar refractivity (Wildman–Crippen MR) is 103 cm³/mol. The smallest absolute Gasteiger partial charge is 0.249 e. The van der Waals surface area contributed by atoms with Crippen LogP contribution in [0.4, 0.5) is 0 Å². The quantitative estimate of drug-likeness (QED) is 0.696. The molecule has 28 heavy (non-hydrogen) atoms. The van der Waals surface area contributed by atoms with Crippen LogP contribution in [0.5, 0.6) is 0 Å². The van der Waals surface area contributed by atoms with Gasteiger partial charge in [0, 0.05) is 36.3 Å². The first-order valence-electron chi connectivity index (χ1n) is 8.97. The summed E-state index contributed by atoms with van der Waals surface area (Å²) in [6.07, 6.45) is 4.81. The molecule has 0 fully saturated rings. The minimum Gasteiger partial charge on any atom is -0.379 e. The Morgan fingerprint density at radius 1 is 1.18 bits per heavy atom. The maximum atomic E-state index is 13.4. The van der Waals surface area contributed by atoms with E-state index in [9.17, 15) is 9.59 Å². The second-order valence-electron chi connectivity index (χ2n) is 6.47. The fourth-order valence-electron chi connectivity index (χ4n) is 3.14. The second kappa shape index (κ2) is 8.69. The van der Waals surface area contributed by atoms with E-state index in [0.717, 1.165) is 0 Å². The van der Waals surface area contributed by atoms with Gasteiger partial charge in [-0.3, -0.25) is 19.6 Å². The van der Waals surface area contributed by atoms with Crippen LogP contribution in [0, 0.1) is 0 Å². The molecular weight excluding hydrogens is 356 g/mol. The van der Waals surface area contributed by atoms with Crippen molar-refractivity contribution in [1.29, 1.82) is 0 Å². The third kappa shape index (κ3) is 3.90. The monoisotopic (exact) mass is 379 g/mol. The number of methoxy groups -OCH3 is 1. The number of hydrogen-bond donors (Lipinski definition) is 1. The number of benzene rings is 1. The summed E-state index contributed by atoms with van der Waals surface area (Å²) in [7, 11) is 1.60. The maximum absolute atomic E-state index is 13.4. The van der Waals surface area contributed by atoms with Crippen molar-refractivity contribution < 1.29 is 19.6 Å². The lowest BCUT2D eigenvalue weighted by Gasteiger charge is -2.29. The molecule has 0 spiro atoms. The number of rotatable bonds is 8. The average molecular weight is 379 g/mol. The number of carbonyl (C=O) groups excluding carboxylic acids is 2. The van der Waals surface area contributed by atoms with E-state index in [-0.39, 0.29) is 11.6 Å². The topological polar surface area (TPSA) is 89.0 Å². The summed E-state index contributed by atoms with van der Waals surface area (Å²) >= 11 is 0. The Bertz CT molecular complexity index is 938. The van der Waals surface area contributed by atoms with Gasteiger partial charge in [0.1, 0.15) is 6.54 Å². The van der Waals surface area contributed by atoms with Crippen LogP contribution < -0.4 is 5.32 Å². The Balaban J connectivity index is 2.09. The number of ether oxygens (including phenoxy) is 1. The maximum Gasteiger partial charge on any atom is 0.249 e. The highest BCUT2D eigenvalue weighted by Gasteiger charge is 2.38. The van der Waals surface area contributed by atoms with Crippen molar-refractivity contribution in [1.82, 2.24) is 14.9 Å². The number of Topliss-reactive ketones (excluding diaryl/α,β-unsaturated/α-hetero) is 2. The van der Waals surface area contributed by atoms with Gasteiger partial charge in [-0.1, -0.05) is 30.8 Å². The molecule has 0 aliphatic heterocycles. The SMILES string of the molecule is C=C(C)N(Cc1cnccn1)C1=C([NH2+]CCOC)C(=O)c2ccccc2C1=O. The zero-order chi connectivity index (χ0) is 20.1. The van der Waals surface area contributed by atoms with Crippen molar-refractivity contribution in [2.45, 2.75) is 13.5 Å². The third-order valence-corrected chi connectivity index (χ3v) is 4.47. The number of hydrogen-bond acceptors (Lipinski definition) is 6. The molecule has 0 unspecified atom stereocenters. The number of nitrogens with two attached hydrogens (primary N) is 1. The molecule has 1 aromatic carbocycles. The van der Waals surface area contributed by atoms with Crippen LogP contribution in [0.15, 0.2) is 66.5 Å². The van der Waals surface area contributed by atoms with Crippen molar-refractivity contribution in [3.8, 4) is 0 Å². The lowest BCUT2D eigenvalue weighted by atomic mass is 9.89. The van der Waals surface area contributed by atoms with E-state index in [2.05, 4.69) is 16.5 Å². The minimum absolute atomic E-state index is 0.174. The van der Waals surface area contributed by atoms with Gasteiger partial charge in [0.2, 0.25) is 17.3 Å². The van der Waals surface area contributed by atoms with Crippen LogP contribution in [0.2, 0.25) is 0 Å². The number of allylic oxidation sites excluding steroid dienone is 3. The zero-order valence-corrected chi connectivity index (χ0v) is 16.0. The molecule has 1 aliphatic rings. The van der Waals surface area contributed by atoms with Gasteiger partial charge in [-0.2, -0.15) is 0 Å². The first-order valence-corrected chi connectivity index (χ1v) is 8.97. The van der Waals surface area contributed by atoms with Crippen molar-refractivity contribution >= 4 is 11.6 Å². The minimum atomic E-state index is -0.203. The largest absolute Gasteiger partial charge is 0.379 e. The highest BCUT2D eigenvalue weighted by molar-refractivity contribution is 6.25. The molecule has 1 heterocycles. The molecule has 1 aliphatic carbocycles. The Morgan fingerprint density at radius 3 is 2.50 bits per heavy atom. The van der Waals surface area contributed by atoms with E-state index in [1.165, 1.54) is 0 Å². The van der Waals surface area contributed by atoms with Crippen LogP contribution >= 0.6 is 0 Å². The molecule has 0 atom stereocenters. The second-order valence-corrected chi connectivity index (χ2v) is 6.47. The number of carbonyl (C=O) groups is 2. The zero-order valence-electron chi connectivity index (χ0n) is 16.0. The Hall–Kier alpha value is -3.16. The van der Waals surface area contributed by atoms with Gasteiger partial charge in [0.15, 0.2) is 5.70 Å². The lowest BCUT2D eigenvalue weighted by molar-refractivity contribution is -0.602. The number of quaternary nitrogens is 1. The summed E-state index contributed by atoms with van der Waals surface area (Å²) in [6, 6.07) is 6.89. The van der Waals surface area contributed by atoms with Gasteiger partial charge >= 0.3 is 0 Å². The van der Waals surface area contributed by atoms with Crippen LogP contribution in [0.25, 0.3) is 0 Å². The molecule has 0 saturated heterocycles. The molecule has 7 nitrogen and oxygen atoms in total. The highest BCUT2D eigenvalue weighted by atomic mass is 16.5. The van der Waals surface area contributed by atoms with Crippen molar-refractivity contribution in [3.63, 3.8) is 0 Å². The molecule has 2 aromatic rings. The summed E-state index contributed by atoms with van der Waals surface area (Å²) < 4.78 is 5.10. The molecule has 2 N–H and O–H groups in total. The number of aromatic nitrogens is 2. The van der Waals surface area contributed by atoms with Crippen molar-refractivity contribution in [2.24, 2.45) is 0 Å². The summed E-state index contributed by atoms with van der Waals surface area (Å²) in [4.78, 5) is 36.6. The van der Waals surface area contributed by atoms with E-state index in [4.69, 9.17) is 4.74 Å². The third-order valence-electron chi connectivity index (χ3n) is 4.47. The molecule has 0 amide bonds. The van der Waals surface area contributed by atoms with Crippen LogP contribution in [-0.4, -0.2) is 46.7 Å². The Kier molecular flexibility index (Phi) is 6.08. The average Bonchev–Trinajstić information content (AvgIpc) is 2.71. The number of ketones is 2. The van der Waals surface area contributed by atoms with E-state index in [1.54, 1.807) is 67.1 Å². The van der Waals surface area contributed by atoms with Gasteiger partial charge in [0.05, 0.1) is 25.0 Å². The Labute approximate surface area is 163 Å². The summed E-state index contributed by atoms with van der Waals surface area (Å²) in [6.45, 7) is 7.08. The van der Waals surface area contributed by atoms with Gasteiger partial charge in [-0.05, 0) is 6.92 Å². The first kappa shape index (κ1) is 19.6. The molecule has 1 aromatic heterocycles. The molecule has 3 rings (SSSR count). The summed E-state index contributed by atoms with van der Waals surface area (Å²) in [5, 5.41) is 1.77. The van der Waals surface area contributed by atoms with Crippen molar-refractivity contribution in [2.75, 3.05) is 20.3 Å². The normalized spacial score (nSPS) is 13.5. The highest BCUT2D eigenvalue weighted by Crippen LogP contribution is 2.28. The van der Waals surface area contributed by atoms with Gasteiger partial charge in [-0.25, -0.2) is 0 Å². The van der Waals surface area contributed by atoms with Gasteiger partial charge in [-0.15, -0.1) is 0 Å². The molecular formula is C21H23N4O3+. The van der Waals surface area contributed by atoms with E-state index in [1.807, 2.05) is 0 Å². The van der Waals surface area contributed by atoms with Crippen molar-refractivity contribution in [3.05, 3.63) is 83.3 Å². The van der Waals surface area contributed by atoms with Crippen LogP contribution in [0.1, 0.15) is 33.3 Å². The van der Waals surface area contributed by atoms with Gasteiger partial charge in [0.25, 0.3) is 0 Å². The number of nitrogens with zero attached hydrogens (tertiary/aromatic N) is 3. The van der Waals surface area contributed by atoms with E-state index >= 15 is 0 Å². The molecule has 0 bridgehead atoms. The first-order chi connectivity index (χ1) is 13.5. The molecule has 0 radical (unpaired) electrons. The predicted octanol–water partition coefficient (Wildman–Crippen LogP) is 1.31. The van der Waals surface area contributed by atoms with Crippen LogP contribution in [-0.2, 0) is 11.3 Å². The van der Waals surface area contributed by atoms with E-state index < -0.39 is 0 Å². The fraction of sp³-hybridized carbons (Fsp3) is 0.238. The standard InChI is InChI=1S/C21H22N4O3/c1-14(2)25(13-15-12-22-8-9-23-15)19-18(24-10-11-28-3)20(26)16-6-4-5-7-17(16)21(19)27/h4-9,12,24H,1,10-11,13H2,2-3H3/p+1. The summed E-state index contributed by atoms with van der Waals surface area (Å²) in [5.41, 5.74) is 2.82. The Morgan fingerprint density at radius 2 is 1.89 bits per heavy atom. The fourth-order valence-corrected chi connectivity index (χ4v) is 3.14. The van der Waals surface area contributed by atoms with E-state index in [0.29, 0.717) is 53.6 Å². The van der Waals surface area contributed by atoms with Crippen LogP contribution in [0.3, 0.4) is 0 Å². The molecule has 144 valence electrons.